The number of amides is 1. The molecule has 2 aliphatic heterocycles. The van der Waals surface area contributed by atoms with Crippen LogP contribution in [0.1, 0.15) is 53.0 Å². The molecule has 1 amide bonds. The van der Waals surface area contributed by atoms with Crippen molar-refractivity contribution in [2.24, 2.45) is 0 Å². The second-order valence-corrected chi connectivity index (χ2v) is 9.61. The van der Waals surface area contributed by atoms with Gasteiger partial charge >= 0.3 is 11.6 Å². The number of carbonyl (C=O) groups excluding carboxylic acids is 1. The molecular weight excluding hydrogens is 438 g/mol. The highest BCUT2D eigenvalue weighted by molar-refractivity contribution is 7.98. The molecule has 2 aromatic carbocycles. The summed E-state index contributed by atoms with van der Waals surface area (Å²) in [6.07, 6.45) is 0. The highest BCUT2D eigenvalue weighted by atomic mass is 32.2. The van der Waals surface area contributed by atoms with Crippen molar-refractivity contribution >= 4 is 17.7 Å². The minimum absolute atomic E-state index is 0.0291. The third-order valence-corrected chi connectivity index (χ3v) is 7.61. The standard InChI is InChI=1S/C25H25N3O4S/c1-14(2)27-12-18(28-21(24(27)31)22(29)23(30)26-25(28)32-3)20-16-9-5-4-8-15(16)13-33-19-11-7-6-10-17(19)20/h4-11,14,18,20,29H,12-13H2,1-3H3/t18-,20-/m1/s1. The molecule has 1 N–H and O–H groups in total. The van der Waals surface area contributed by atoms with E-state index in [1.54, 1.807) is 21.2 Å². The van der Waals surface area contributed by atoms with Crippen LogP contribution in [-0.2, 0) is 5.75 Å². The van der Waals surface area contributed by atoms with E-state index in [1.165, 1.54) is 17.6 Å². The van der Waals surface area contributed by atoms with E-state index < -0.39 is 17.2 Å². The van der Waals surface area contributed by atoms with Gasteiger partial charge in [0.15, 0.2) is 5.69 Å². The summed E-state index contributed by atoms with van der Waals surface area (Å²) < 4.78 is 7.12. The van der Waals surface area contributed by atoms with E-state index in [1.807, 2.05) is 38.1 Å². The lowest BCUT2D eigenvalue weighted by Gasteiger charge is -2.42. The van der Waals surface area contributed by atoms with Crippen molar-refractivity contribution in [1.29, 1.82) is 0 Å². The number of carbonyl (C=O) groups is 1. The largest absolute Gasteiger partial charge is 0.501 e. The zero-order valence-electron chi connectivity index (χ0n) is 18.7. The SMILES string of the molecule is COc1nc(=O)c(O)c2n1[C@@H]([C@@H]1c3ccccc3CSc3ccccc31)CN(C(C)C)C2=O. The first-order chi connectivity index (χ1) is 15.9. The van der Waals surface area contributed by atoms with E-state index >= 15 is 0 Å². The summed E-state index contributed by atoms with van der Waals surface area (Å²) in [5.74, 6) is -0.346. The van der Waals surface area contributed by atoms with Gasteiger partial charge in [-0.15, -0.1) is 11.8 Å². The molecule has 0 saturated carbocycles. The van der Waals surface area contributed by atoms with Crippen LogP contribution in [0.15, 0.2) is 58.2 Å². The summed E-state index contributed by atoms with van der Waals surface area (Å²) in [5, 5.41) is 10.7. The third kappa shape index (κ3) is 3.40. The van der Waals surface area contributed by atoms with Gasteiger partial charge < -0.3 is 14.7 Å². The molecule has 0 fully saturated rings. The molecule has 3 aromatic rings. The molecule has 0 saturated heterocycles. The van der Waals surface area contributed by atoms with Crippen LogP contribution in [0.2, 0.25) is 0 Å². The summed E-state index contributed by atoms with van der Waals surface area (Å²) in [7, 11) is 1.42. The number of rotatable bonds is 3. The van der Waals surface area contributed by atoms with Gasteiger partial charge in [0.05, 0.1) is 13.2 Å². The van der Waals surface area contributed by atoms with Crippen LogP contribution in [-0.4, -0.2) is 45.2 Å². The molecule has 1 aromatic heterocycles. The number of aromatic nitrogens is 2. The van der Waals surface area contributed by atoms with Crippen LogP contribution in [0, 0.1) is 0 Å². The van der Waals surface area contributed by atoms with Gasteiger partial charge in [0.2, 0.25) is 5.75 Å². The predicted octanol–water partition coefficient (Wildman–Crippen LogP) is 3.80. The van der Waals surface area contributed by atoms with E-state index in [0.717, 1.165) is 16.9 Å². The topological polar surface area (TPSA) is 84.7 Å². The lowest BCUT2D eigenvalue weighted by atomic mass is 9.81. The molecule has 33 heavy (non-hydrogen) atoms. The molecule has 2 atom stereocenters. The second-order valence-electron chi connectivity index (χ2n) is 8.59. The Labute approximate surface area is 196 Å². The highest BCUT2D eigenvalue weighted by Crippen LogP contribution is 2.48. The lowest BCUT2D eigenvalue weighted by Crippen LogP contribution is -2.49. The van der Waals surface area contributed by atoms with Crippen molar-refractivity contribution in [3.05, 3.63) is 81.3 Å². The van der Waals surface area contributed by atoms with E-state index in [-0.39, 0.29) is 29.7 Å². The molecule has 7 nitrogen and oxygen atoms in total. The van der Waals surface area contributed by atoms with Crippen molar-refractivity contribution in [2.45, 2.75) is 42.5 Å². The predicted molar refractivity (Wildman–Crippen MR) is 126 cm³/mol. The zero-order valence-corrected chi connectivity index (χ0v) is 19.5. The Morgan fingerprint density at radius 1 is 1.09 bits per heavy atom. The molecule has 3 heterocycles. The van der Waals surface area contributed by atoms with Gasteiger partial charge in [-0.3, -0.25) is 14.2 Å². The zero-order chi connectivity index (χ0) is 23.3. The van der Waals surface area contributed by atoms with Crippen LogP contribution in [0.4, 0.5) is 0 Å². The van der Waals surface area contributed by atoms with Gasteiger partial charge in [-0.05, 0) is 36.6 Å². The molecule has 2 aliphatic rings. The molecular formula is C25H25N3O4S. The number of benzene rings is 2. The smallest absolute Gasteiger partial charge is 0.318 e. The Kier molecular flexibility index (Phi) is 5.40. The number of thioether (sulfide) groups is 1. The molecule has 8 heteroatoms. The summed E-state index contributed by atoms with van der Waals surface area (Å²) in [4.78, 5) is 32.6. The van der Waals surface area contributed by atoms with Crippen LogP contribution in [0.5, 0.6) is 11.8 Å². The van der Waals surface area contributed by atoms with Crippen molar-refractivity contribution in [3.8, 4) is 11.8 Å². The summed E-state index contributed by atoms with van der Waals surface area (Å²) in [5.41, 5.74) is 2.58. The van der Waals surface area contributed by atoms with Crippen molar-refractivity contribution in [2.75, 3.05) is 13.7 Å². The van der Waals surface area contributed by atoms with Gasteiger partial charge in [0, 0.05) is 29.2 Å². The Balaban J connectivity index is 1.84. The number of methoxy groups -OCH3 is 1. The monoisotopic (exact) mass is 463 g/mol. The first-order valence-corrected chi connectivity index (χ1v) is 11.9. The fourth-order valence-electron chi connectivity index (χ4n) is 4.94. The quantitative estimate of drug-likeness (QED) is 0.636. The molecule has 0 bridgehead atoms. The van der Waals surface area contributed by atoms with Gasteiger partial charge in [0.25, 0.3) is 5.91 Å². The molecule has 0 unspecified atom stereocenters. The number of fused-ring (bicyclic) bond motifs is 3. The van der Waals surface area contributed by atoms with Gasteiger partial charge in [-0.1, -0.05) is 42.5 Å². The Bertz CT molecular complexity index is 1260. The number of nitrogens with zero attached hydrogens (tertiary/aromatic N) is 3. The lowest BCUT2D eigenvalue weighted by molar-refractivity contribution is 0.0572. The first kappa shape index (κ1) is 21.6. The van der Waals surface area contributed by atoms with Gasteiger partial charge in [0.1, 0.15) is 0 Å². The number of ether oxygens (including phenoxy) is 1. The van der Waals surface area contributed by atoms with Crippen LogP contribution in [0.25, 0.3) is 0 Å². The van der Waals surface area contributed by atoms with Crippen LogP contribution >= 0.6 is 11.8 Å². The maximum absolute atomic E-state index is 13.4. The minimum atomic E-state index is -0.868. The average Bonchev–Trinajstić information content (AvgIpc) is 2.98. The minimum Gasteiger partial charge on any atom is -0.501 e. The van der Waals surface area contributed by atoms with Gasteiger partial charge in [-0.25, -0.2) is 0 Å². The first-order valence-electron chi connectivity index (χ1n) is 10.9. The van der Waals surface area contributed by atoms with E-state index in [0.29, 0.717) is 6.54 Å². The van der Waals surface area contributed by atoms with Crippen molar-refractivity contribution in [3.63, 3.8) is 0 Å². The third-order valence-electron chi connectivity index (χ3n) is 6.47. The maximum atomic E-state index is 13.4. The Hall–Kier alpha value is -3.26. The van der Waals surface area contributed by atoms with Crippen molar-refractivity contribution < 1.29 is 14.6 Å². The fourth-order valence-corrected chi connectivity index (χ4v) is 6.05. The average molecular weight is 464 g/mol. The fraction of sp³-hybridized carbons (Fsp3) is 0.320. The summed E-state index contributed by atoms with van der Waals surface area (Å²) in [6, 6.07) is 16.2. The molecule has 0 spiro atoms. The normalized spacial score (nSPS) is 19.5. The maximum Gasteiger partial charge on any atom is 0.318 e. The van der Waals surface area contributed by atoms with Crippen LogP contribution in [0.3, 0.4) is 0 Å². The molecule has 170 valence electrons. The van der Waals surface area contributed by atoms with Crippen LogP contribution < -0.4 is 10.3 Å². The van der Waals surface area contributed by atoms with E-state index in [9.17, 15) is 14.7 Å². The second kappa shape index (κ2) is 8.26. The number of aromatic hydroxyl groups is 1. The highest BCUT2D eigenvalue weighted by Gasteiger charge is 2.43. The molecule has 0 aliphatic carbocycles. The van der Waals surface area contributed by atoms with E-state index in [4.69, 9.17) is 4.74 Å². The number of hydrogen-bond acceptors (Lipinski definition) is 6. The van der Waals surface area contributed by atoms with Crippen molar-refractivity contribution in [1.82, 2.24) is 14.5 Å². The van der Waals surface area contributed by atoms with E-state index in [2.05, 4.69) is 29.2 Å². The summed E-state index contributed by atoms with van der Waals surface area (Å²) >= 11 is 1.79. The summed E-state index contributed by atoms with van der Waals surface area (Å²) in [6.45, 7) is 4.26. The Morgan fingerprint density at radius 3 is 2.52 bits per heavy atom. The molecule has 5 rings (SSSR count). The van der Waals surface area contributed by atoms with Gasteiger partial charge in [-0.2, -0.15) is 4.98 Å². The Morgan fingerprint density at radius 2 is 1.79 bits per heavy atom. The molecule has 0 radical (unpaired) electrons. The number of hydrogen-bond donors (Lipinski definition) is 1.